The number of methoxy groups -OCH3 is 1. The third kappa shape index (κ3) is 2.98. The first-order chi connectivity index (χ1) is 11.0. The summed E-state index contributed by atoms with van der Waals surface area (Å²) in [6.07, 6.45) is 0. The molecule has 1 N–H and O–H groups in total. The fourth-order valence-electron chi connectivity index (χ4n) is 2.36. The van der Waals surface area contributed by atoms with E-state index in [0.29, 0.717) is 26.7 Å². The second-order valence-corrected chi connectivity index (χ2v) is 5.82. The van der Waals surface area contributed by atoms with Crippen LogP contribution in [0, 0.1) is 0 Å². The molecule has 1 aromatic heterocycles. The second-order valence-electron chi connectivity index (χ2n) is 4.98. The Balaban J connectivity index is 2.10. The molecular formula is C16H12Cl2N2O3. The van der Waals surface area contributed by atoms with Gasteiger partial charge in [-0.2, -0.15) is 0 Å². The summed E-state index contributed by atoms with van der Waals surface area (Å²) in [6, 6.07) is 9.86. The van der Waals surface area contributed by atoms with Gasteiger partial charge in [0, 0.05) is 5.02 Å². The van der Waals surface area contributed by atoms with Gasteiger partial charge in [0.05, 0.1) is 29.6 Å². The van der Waals surface area contributed by atoms with Gasteiger partial charge in [0.2, 0.25) is 0 Å². The predicted molar refractivity (Wildman–Crippen MR) is 90.9 cm³/mol. The molecule has 1 heterocycles. The van der Waals surface area contributed by atoms with Crippen molar-refractivity contribution < 1.29 is 4.74 Å². The maximum atomic E-state index is 12.5. The van der Waals surface area contributed by atoms with Crippen LogP contribution >= 0.6 is 23.2 Å². The number of nitrogens with one attached hydrogen (secondary N) is 1. The van der Waals surface area contributed by atoms with Crippen LogP contribution in [0.4, 0.5) is 0 Å². The molecule has 7 heteroatoms. The van der Waals surface area contributed by atoms with Crippen LogP contribution in [0.25, 0.3) is 10.9 Å². The van der Waals surface area contributed by atoms with Gasteiger partial charge in [-0.3, -0.25) is 9.36 Å². The van der Waals surface area contributed by atoms with E-state index in [0.717, 1.165) is 10.1 Å². The summed E-state index contributed by atoms with van der Waals surface area (Å²) in [5.41, 5.74) is 0.247. The quantitative estimate of drug-likeness (QED) is 0.789. The van der Waals surface area contributed by atoms with Crippen LogP contribution in [-0.4, -0.2) is 16.7 Å². The average Bonchev–Trinajstić information content (AvgIpc) is 2.51. The number of H-pyrrole nitrogens is 1. The zero-order valence-electron chi connectivity index (χ0n) is 12.1. The lowest BCUT2D eigenvalue weighted by atomic mass is 10.2. The SMILES string of the molecule is COc1ccc(Cn2c(=O)[nH]c3cc(Cl)ccc3c2=O)cc1Cl. The average molecular weight is 351 g/mol. The van der Waals surface area contributed by atoms with Crippen molar-refractivity contribution in [3.05, 3.63) is 72.8 Å². The smallest absolute Gasteiger partial charge is 0.329 e. The fraction of sp³-hybridized carbons (Fsp3) is 0.125. The number of nitrogens with zero attached hydrogens (tertiary/aromatic N) is 1. The minimum atomic E-state index is -0.503. The Hall–Kier alpha value is -2.24. The summed E-state index contributed by atoms with van der Waals surface area (Å²) in [4.78, 5) is 27.4. The first-order valence-electron chi connectivity index (χ1n) is 6.74. The molecule has 0 unspecified atom stereocenters. The molecule has 3 aromatic rings. The molecule has 0 aliphatic carbocycles. The van der Waals surface area contributed by atoms with Crippen molar-refractivity contribution in [1.29, 1.82) is 0 Å². The Labute approximate surface area is 141 Å². The van der Waals surface area contributed by atoms with Crippen molar-refractivity contribution in [3.63, 3.8) is 0 Å². The van der Waals surface area contributed by atoms with Gasteiger partial charge < -0.3 is 9.72 Å². The fourth-order valence-corrected chi connectivity index (χ4v) is 2.81. The van der Waals surface area contributed by atoms with Crippen molar-refractivity contribution >= 4 is 34.1 Å². The van der Waals surface area contributed by atoms with Gasteiger partial charge in [-0.25, -0.2) is 4.79 Å². The van der Waals surface area contributed by atoms with Crippen molar-refractivity contribution in [1.82, 2.24) is 9.55 Å². The molecule has 0 radical (unpaired) electrons. The van der Waals surface area contributed by atoms with E-state index >= 15 is 0 Å². The lowest BCUT2D eigenvalue weighted by Crippen LogP contribution is -2.35. The molecule has 5 nitrogen and oxygen atoms in total. The highest BCUT2D eigenvalue weighted by atomic mass is 35.5. The number of ether oxygens (including phenoxy) is 1. The number of hydrogen-bond acceptors (Lipinski definition) is 3. The third-order valence-electron chi connectivity index (χ3n) is 3.50. The monoisotopic (exact) mass is 350 g/mol. The number of halogens is 2. The molecule has 0 amide bonds. The van der Waals surface area contributed by atoms with Crippen LogP contribution in [0.3, 0.4) is 0 Å². The zero-order valence-corrected chi connectivity index (χ0v) is 13.6. The lowest BCUT2D eigenvalue weighted by Gasteiger charge is -2.09. The molecule has 0 bridgehead atoms. The molecule has 2 aromatic carbocycles. The van der Waals surface area contributed by atoms with Crippen LogP contribution in [0.1, 0.15) is 5.56 Å². The van der Waals surface area contributed by atoms with Crippen molar-refractivity contribution in [3.8, 4) is 5.75 Å². The Kier molecular flexibility index (Phi) is 4.15. The van der Waals surface area contributed by atoms with Gasteiger partial charge in [-0.1, -0.05) is 29.3 Å². The van der Waals surface area contributed by atoms with E-state index in [1.54, 1.807) is 36.4 Å². The summed E-state index contributed by atoms with van der Waals surface area (Å²) >= 11 is 12.0. The number of aromatic nitrogens is 2. The summed E-state index contributed by atoms with van der Waals surface area (Å²) in [6.45, 7) is 0.108. The number of benzene rings is 2. The number of fused-ring (bicyclic) bond motifs is 1. The van der Waals surface area contributed by atoms with E-state index in [9.17, 15) is 9.59 Å². The van der Waals surface area contributed by atoms with Gasteiger partial charge in [-0.05, 0) is 35.9 Å². The maximum absolute atomic E-state index is 12.5. The summed E-state index contributed by atoms with van der Waals surface area (Å²) in [5, 5.41) is 1.27. The molecule has 0 saturated heterocycles. The maximum Gasteiger partial charge on any atom is 0.329 e. The van der Waals surface area contributed by atoms with Crippen LogP contribution in [0.15, 0.2) is 46.0 Å². The van der Waals surface area contributed by atoms with Crippen molar-refractivity contribution in [2.24, 2.45) is 0 Å². The Morgan fingerprint density at radius 3 is 2.61 bits per heavy atom. The van der Waals surface area contributed by atoms with Gasteiger partial charge >= 0.3 is 5.69 Å². The minimum absolute atomic E-state index is 0.108. The predicted octanol–water partition coefficient (Wildman–Crippen LogP) is 3.05. The second kappa shape index (κ2) is 6.10. The standard InChI is InChI=1S/C16H12Cl2N2O3/c1-23-14-5-2-9(6-12(14)18)8-20-15(21)11-4-3-10(17)7-13(11)19-16(20)22/h2-7H,8H2,1H3,(H,19,22). The van der Waals surface area contributed by atoms with Crippen molar-refractivity contribution in [2.75, 3.05) is 7.11 Å². The van der Waals surface area contributed by atoms with Gasteiger partial charge in [0.1, 0.15) is 5.75 Å². The summed E-state index contributed by atoms with van der Waals surface area (Å²) < 4.78 is 6.21. The van der Waals surface area contributed by atoms with Gasteiger partial charge in [-0.15, -0.1) is 0 Å². The molecule has 118 valence electrons. The topological polar surface area (TPSA) is 64.1 Å². The molecule has 0 aliphatic heterocycles. The Morgan fingerprint density at radius 2 is 1.91 bits per heavy atom. The van der Waals surface area contributed by atoms with Crippen LogP contribution in [0.5, 0.6) is 5.75 Å². The van der Waals surface area contributed by atoms with Crippen LogP contribution < -0.4 is 16.0 Å². The van der Waals surface area contributed by atoms with Gasteiger partial charge in [0.25, 0.3) is 5.56 Å². The molecule has 0 saturated carbocycles. The zero-order chi connectivity index (χ0) is 16.6. The van der Waals surface area contributed by atoms with Crippen LogP contribution in [0.2, 0.25) is 10.0 Å². The highest BCUT2D eigenvalue weighted by Gasteiger charge is 2.10. The molecule has 23 heavy (non-hydrogen) atoms. The first-order valence-corrected chi connectivity index (χ1v) is 7.50. The summed E-state index contributed by atoms with van der Waals surface area (Å²) in [5.74, 6) is 0.532. The van der Waals surface area contributed by atoms with E-state index in [4.69, 9.17) is 27.9 Å². The van der Waals surface area contributed by atoms with Crippen molar-refractivity contribution in [2.45, 2.75) is 6.54 Å². The van der Waals surface area contributed by atoms with E-state index in [2.05, 4.69) is 4.98 Å². The first kappa shape index (κ1) is 15.6. The number of hydrogen-bond donors (Lipinski definition) is 1. The molecule has 3 rings (SSSR count). The number of aromatic amines is 1. The number of rotatable bonds is 3. The van der Waals surface area contributed by atoms with Crippen LogP contribution in [-0.2, 0) is 6.54 Å². The minimum Gasteiger partial charge on any atom is -0.495 e. The molecular weight excluding hydrogens is 339 g/mol. The Bertz CT molecular complexity index is 1010. The summed E-state index contributed by atoms with van der Waals surface area (Å²) in [7, 11) is 1.52. The normalized spacial score (nSPS) is 10.9. The highest BCUT2D eigenvalue weighted by molar-refractivity contribution is 6.32. The Morgan fingerprint density at radius 1 is 1.13 bits per heavy atom. The lowest BCUT2D eigenvalue weighted by molar-refractivity contribution is 0.415. The molecule has 0 aliphatic rings. The van der Waals surface area contributed by atoms with E-state index in [1.165, 1.54) is 7.11 Å². The molecule has 0 spiro atoms. The molecule has 0 fully saturated rings. The third-order valence-corrected chi connectivity index (χ3v) is 4.03. The van der Waals surface area contributed by atoms with Gasteiger partial charge in [0.15, 0.2) is 0 Å². The van der Waals surface area contributed by atoms with E-state index in [1.807, 2.05) is 0 Å². The van der Waals surface area contributed by atoms with E-state index in [-0.39, 0.29) is 12.1 Å². The highest BCUT2D eigenvalue weighted by Crippen LogP contribution is 2.25. The molecule has 0 atom stereocenters. The largest absolute Gasteiger partial charge is 0.495 e. The van der Waals surface area contributed by atoms with E-state index < -0.39 is 5.69 Å².